The number of alkyl halides is 1. The maximum atomic E-state index is 15.0. The van der Waals surface area contributed by atoms with Crippen LogP contribution < -0.4 is 21.7 Å². The van der Waals surface area contributed by atoms with E-state index in [0.29, 0.717) is 30.6 Å². The Labute approximate surface area is 252 Å². The third-order valence-corrected chi connectivity index (χ3v) is 7.21. The minimum Gasteiger partial charge on any atom is -0.447 e. The Morgan fingerprint density at radius 3 is 2.27 bits per heavy atom. The zero-order valence-electron chi connectivity index (χ0n) is 23.9. The summed E-state index contributed by atoms with van der Waals surface area (Å²) in [5, 5.41) is 8.33. The van der Waals surface area contributed by atoms with Crippen LogP contribution in [0.25, 0.3) is 0 Å². The second-order valence-corrected chi connectivity index (χ2v) is 10.4. The van der Waals surface area contributed by atoms with Gasteiger partial charge in [-0.2, -0.15) is 0 Å². The van der Waals surface area contributed by atoms with Crippen molar-refractivity contribution in [3.05, 3.63) is 95.1 Å². The molecule has 1 aliphatic rings. The summed E-state index contributed by atoms with van der Waals surface area (Å²) in [4.78, 5) is 29.0. The molecule has 0 spiro atoms. The van der Waals surface area contributed by atoms with Gasteiger partial charge in [0, 0.05) is 31.1 Å². The Morgan fingerprint density at radius 1 is 1.00 bits per heavy atom. The number of nitrogens with two attached hydrogens (primary N) is 1. The Balaban J connectivity index is 1.40. The molecule has 2 amide bonds. The van der Waals surface area contributed by atoms with Gasteiger partial charge in [0.05, 0.1) is 36.9 Å². The molecule has 9 nitrogen and oxygen atoms in total. The van der Waals surface area contributed by atoms with Crippen LogP contribution >= 0.6 is 0 Å². The van der Waals surface area contributed by atoms with Crippen LogP contribution in [-0.2, 0) is 20.7 Å². The number of hydrogen-bond donors (Lipinski definition) is 4. The molecule has 1 fully saturated rings. The van der Waals surface area contributed by atoms with E-state index in [9.17, 15) is 27.2 Å². The lowest BCUT2D eigenvalue weighted by atomic mass is 9.85. The normalized spacial score (nSPS) is 17.2. The Morgan fingerprint density at radius 2 is 1.64 bits per heavy atom. The number of halogens is 4. The maximum Gasteiger partial charge on any atom is 0.407 e. The average Bonchev–Trinajstić information content (AvgIpc) is 3.02. The van der Waals surface area contributed by atoms with Crippen LogP contribution in [0, 0.1) is 17.5 Å². The second kappa shape index (κ2) is 16.1. The molecule has 3 atom stereocenters. The standard InChI is InChI=1S/C31H35F4N5O4/c32-12-1-13-39-31(42)43-18-24-15-37-14-23(44-24)10-11-25-26(35)16-38-17-27(25)40-30(41)29(36)28(19-2-6-21(33)7-3-19)20-4-8-22(34)9-5-20/h2-9,16-17,23-24,28-29,37H,1,10-15,18,36H2,(H,39,42)(H,40,41)/t23-,24+,29+/m1/s1. The van der Waals surface area contributed by atoms with Gasteiger partial charge in [0.15, 0.2) is 0 Å². The lowest BCUT2D eigenvalue weighted by molar-refractivity contribution is -0.117. The molecule has 1 aliphatic heterocycles. The molecule has 0 bridgehead atoms. The average molecular weight is 618 g/mol. The fourth-order valence-electron chi connectivity index (χ4n) is 4.96. The highest BCUT2D eigenvalue weighted by molar-refractivity contribution is 5.96. The van der Waals surface area contributed by atoms with Gasteiger partial charge >= 0.3 is 6.09 Å². The zero-order chi connectivity index (χ0) is 31.5. The summed E-state index contributed by atoms with van der Waals surface area (Å²) in [5.74, 6) is -2.96. The first kappa shape index (κ1) is 32.8. The number of aromatic nitrogens is 1. The van der Waals surface area contributed by atoms with Crippen LogP contribution in [0.3, 0.4) is 0 Å². The summed E-state index contributed by atoms with van der Waals surface area (Å²) in [7, 11) is 0. The lowest BCUT2D eigenvalue weighted by Gasteiger charge is -2.31. The van der Waals surface area contributed by atoms with Crippen molar-refractivity contribution in [1.29, 1.82) is 0 Å². The molecular weight excluding hydrogens is 582 g/mol. The molecule has 1 aromatic heterocycles. The molecule has 236 valence electrons. The number of pyridine rings is 1. The van der Waals surface area contributed by atoms with E-state index < -0.39 is 54.2 Å². The highest BCUT2D eigenvalue weighted by Crippen LogP contribution is 2.29. The van der Waals surface area contributed by atoms with Crippen molar-refractivity contribution < 1.29 is 36.6 Å². The molecule has 44 heavy (non-hydrogen) atoms. The van der Waals surface area contributed by atoms with Gasteiger partial charge in [-0.3, -0.25) is 14.2 Å². The van der Waals surface area contributed by atoms with Crippen LogP contribution in [0.1, 0.15) is 35.4 Å². The summed E-state index contributed by atoms with van der Waals surface area (Å²) in [6.07, 6.45) is 1.68. The molecule has 4 rings (SSSR count). The Hall–Kier alpha value is -4.07. The van der Waals surface area contributed by atoms with Crippen molar-refractivity contribution in [3.63, 3.8) is 0 Å². The van der Waals surface area contributed by atoms with Crippen LogP contribution in [0.4, 0.5) is 28.0 Å². The fourth-order valence-corrected chi connectivity index (χ4v) is 4.96. The topological polar surface area (TPSA) is 128 Å². The van der Waals surface area contributed by atoms with Crippen LogP contribution in [0.2, 0.25) is 0 Å². The summed E-state index contributed by atoms with van der Waals surface area (Å²) in [6.45, 7) is 0.537. The molecule has 0 aliphatic carbocycles. The largest absolute Gasteiger partial charge is 0.447 e. The van der Waals surface area contributed by atoms with Gasteiger partial charge in [0.25, 0.3) is 0 Å². The summed E-state index contributed by atoms with van der Waals surface area (Å²) < 4.78 is 65.6. The van der Waals surface area contributed by atoms with E-state index in [1.807, 2.05) is 0 Å². The smallest absolute Gasteiger partial charge is 0.407 e. The van der Waals surface area contributed by atoms with Gasteiger partial charge in [-0.25, -0.2) is 18.0 Å². The number of carbonyl (C=O) groups excluding carboxylic acids is 2. The van der Waals surface area contributed by atoms with Crippen molar-refractivity contribution in [2.45, 2.75) is 43.4 Å². The molecular formula is C31H35F4N5O4. The van der Waals surface area contributed by atoms with E-state index in [2.05, 4.69) is 20.9 Å². The Kier molecular flexibility index (Phi) is 12.0. The van der Waals surface area contributed by atoms with Crippen molar-refractivity contribution in [3.8, 4) is 0 Å². The summed E-state index contributed by atoms with van der Waals surface area (Å²) in [5.41, 5.74) is 7.84. The summed E-state index contributed by atoms with van der Waals surface area (Å²) in [6, 6.07) is 9.78. The first-order chi connectivity index (χ1) is 21.2. The monoisotopic (exact) mass is 617 g/mol. The number of amides is 2. The predicted molar refractivity (Wildman–Crippen MR) is 155 cm³/mol. The van der Waals surface area contributed by atoms with Gasteiger partial charge in [-0.15, -0.1) is 0 Å². The number of hydrogen-bond acceptors (Lipinski definition) is 7. The fraction of sp³-hybridized carbons (Fsp3) is 0.387. The number of benzene rings is 2. The molecule has 2 aromatic carbocycles. The molecule has 0 radical (unpaired) electrons. The van der Waals surface area contributed by atoms with E-state index in [-0.39, 0.29) is 43.3 Å². The summed E-state index contributed by atoms with van der Waals surface area (Å²) >= 11 is 0. The minimum absolute atomic E-state index is 0.0168. The quantitative estimate of drug-likeness (QED) is 0.169. The van der Waals surface area contributed by atoms with Crippen molar-refractivity contribution >= 4 is 17.7 Å². The third-order valence-electron chi connectivity index (χ3n) is 7.21. The number of morpholine rings is 1. The third kappa shape index (κ3) is 9.21. The number of nitrogens with one attached hydrogen (secondary N) is 3. The van der Waals surface area contributed by atoms with Gasteiger partial charge < -0.3 is 31.2 Å². The van der Waals surface area contributed by atoms with Gasteiger partial charge in [-0.05, 0) is 54.7 Å². The van der Waals surface area contributed by atoms with Crippen LogP contribution in [0.15, 0.2) is 60.9 Å². The molecule has 2 heterocycles. The van der Waals surface area contributed by atoms with Crippen LogP contribution in [-0.4, -0.2) is 68.1 Å². The first-order valence-corrected chi connectivity index (χ1v) is 14.3. The number of alkyl carbamates (subject to hydrolysis) is 1. The Bertz CT molecular complexity index is 1330. The highest BCUT2D eigenvalue weighted by atomic mass is 19.1. The molecule has 13 heteroatoms. The predicted octanol–water partition coefficient (Wildman–Crippen LogP) is 3.97. The van der Waals surface area contributed by atoms with Crippen LogP contribution in [0.5, 0.6) is 0 Å². The first-order valence-electron chi connectivity index (χ1n) is 14.3. The number of nitrogens with zero attached hydrogens (tertiary/aromatic N) is 1. The second-order valence-electron chi connectivity index (χ2n) is 10.4. The van der Waals surface area contributed by atoms with E-state index in [1.165, 1.54) is 54.7 Å². The minimum atomic E-state index is -1.21. The maximum absolute atomic E-state index is 15.0. The number of anilines is 1. The lowest BCUT2D eigenvalue weighted by Crippen LogP contribution is -2.47. The van der Waals surface area contributed by atoms with E-state index in [1.54, 1.807) is 0 Å². The molecule has 3 aromatic rings. The molecule has 5 N–H and O–H groups in total. The molecule has 0 unspecified atom stereocenters. The van der Waals surface area contributed by atoms with Crippen molar-refractivity contribution in [1.82, 2.24) is 15.6 Å². The van der Waals surface area contributed by atoms with Gasteiger partial charge in [-0.1, -0.05) is 24.3 Å². The van der Waals surface area contributed by atoms with Gasteiger partial charge in [0.2, 0.25) is 5.91 Å². The SMILES string of the molecule is N[C@H](C(=O)Nc1cncc(F)c1CC[C@@H]1CNC[C@@H](COC(=O)NCCCF)O1)C(c1ccc(F)cc1)c1ccc(F)cc1. The van der Waals surface area contributed by atoms with E-state index >= 15 is 0 Å². The van der Waals surface area contributed by atoms with E-state index in [4.69, 9.17) is 15.2 Å². The zero-order valence-corrected chi connectivity index (χ0v) is 23.9. The van der Waals surface area contributed by atoms with Gasteiger partial charge in [0.1, 0.15) is 30.2 Å². The van der Waals surface area contributed by atoms with E-state index in [0.717, 1.165) is 6.20 Å². The van der Waals surface area contributed by atoms with Crippen molar-refractivity contribution in [2.75, 3.05) is 38.2 Å². The number of ether oxygens (including phenoxy) is 2. The molecule has 1 saturated heterocycles. The number of carbonyl (C=O) groups is 2. The molecule has 0 saturated carbocycles. The number of rotatable bonds is 13. The van der Waals surface area contributed by atoms with Crippen molar-refractivity contribution in [2.24, 2.45) is 5.73 Å². The highest BCUT2D eigenvalue weighted by Gasteiger charge is 2.29.